The second kappa shape index (κ2) is 6.26. The zero-order valence-electron chi connectivity index (χ0n) is 5.28. The summed E-state index contributed by atoms with van der Waals surface area (Å²) in [6.45, 7) is 0. The van der Waals surface area contributed by atoms with Crippen molar-refractivity contribution in [1.29, 1.82) is 0 Å². The summed E-state index contributed by atoms with van der Waals surface area (Å²) >= 11 is 0. The van der Waals surface area contributed by atoms with Gasteiger partial charge in [-0.05, 0) is 6.42 Å². The van der Waals surface area contributed by atoms with Gasteiger partial charge in [0.25, 0.3) is 0 Å². The van der Waals surface area contributed by atoms with Gasteiger partial charge in [0.05, 0.1) is 0 Å². The van der Waals surface area contributed by atoms with Crippen molar-refractivity contribution in [2.24, 2.45) is 5.73 Å². The van der Waals surface area contributed by atoms with Crippen LogP contribution in [-0.4, -0.2) is 48.0 Å². The van der Waals surface area contributed by atoms with Gasteiger partial charge in [0.2, 0.25) is 0 Å². The number of carboxylic acid groups (broad SMARTS) is 2. The van der Waals surface area contributed by atoms with Crippen molar-refractivity contribution in [3.63, 3.8) is 0 Å². The molecule has 0 aliphatic carbocycles. The molecule has 0 aromatic heterocycles. The summed E-state index contributed by atoms with van der Waals surface area (Å²) in [5, 5.41) is 16.3. The Kier molecular flexibility index (Phi) is 7.48. The molecule has 6 heteroatoms. The van der Waals surface area contributed by atoms with E-state index in [0.717, 1.165) is 0 Å². The minimum absolute atomic E-state index is 0. The normalized spacial score (nSPS) is 11.4. The predicted molar refractivity (Wildman–Crippen MR) is 42.4 cm³/mol. The first-order valence-corrected chi connectivity index (χ1v) is 2.74. The summed E-state index contributed by atoms with van der Waals surface area (Å²) in [5.74, 6) is -2.20. The molecule has 1 unspecified atom stereocenters. The van der Waals surface area contributed by atoms with Crippen LogP contribution in [0.15, 0.2) is 0 Å². The molecule has 0 spiro atoms. The van der Waals surface area contributed by atoms with E-state index in [1.165, 1.54) is 0 Å². The maximum absolute atomic E-state index is 9.99. The van der Waals surface area contributed by atoms with Gasteiger partial charge in [-0.1, -0.05) is 0 Å². The monoisotopic (exact) mass is 219 g/mol. The summed E-state index contributed by atoms with van der Waals surface area (Å²) in [6, 6.07) is -1.06. The van der Waals surface area contributed by atoms with Crippen LogP contribution < -0.4 is 5.73 Å². The van der Waals surface area contributed by atoms with Crippen molar-refractivity contribution >= 4 is 31.7 Å². The molecular weight excluding hydrogens is 208 g/mol. The van der Waals surface area contributed by atoms with Crippen LogP contribution in [0.1, 0.15) is 12.8 Å². The van der Waals surface area contributed by atoms with Gasteiger partial charge in [-0.15, -0.1) is 0 Å². The third-order valence-corrected chi connectivity index (χ3v) is 0.986. The van der Waals surface area contributed by atoms with Crippen LogP contribution in [-0.2, 0) is 9.59 Å². The van der Waals surface area contributed by atoms with E-state index < -0.39 is 18.0 Å². The van der Waals surface area contributed by atoms with Crippen LogP contribution in [0.2, 0.25) is 0 Å². The molecule has 0 rings (SSSR count). The van der Waals surface area contributed by atoms with E-state index in [4.69, 9.17) is 15.9 Å². The summed E-state index contributed by atoms with van der Waals surface area (Å²) in [7, 11) is 0. The molecule has 1 atom stereocenters. The van der Waals surface area contributed by atoms with Crippen molar-refractivity contribution in [3.8, 4) is 0 Å². The summed E-state index contributed by atoms with van der Waals surface area (Å²) < 4.78 is 0. The molecule has 5 nitrogen and oxygen atoms in total. The summed E-state index contributed by atoms with van der Waals surface area (Å²) in [6.07, 6.45) is -0.224. The van der Waals surface area contributed by atoms with E-state index in [9.17, 15) is 9.59 Å². The molecule has 0 aromatic carbocycles. The zero-order chi connectivity index (χ0) is 8.15. The molecule has 64 valence electrons. The zero-order valence-corrected chi connectivity index (χ0v) is 5.28. The Hall–Kier alpha value is -0.464. The quantitative estimate of drug-likeness (QED) is 0.479. The van der Waals surface area contributed by atoms with Crippen LogP contribution in [0.4, 0.5) is 0 Å². The fourth-order valence-corrected chi connectivity index (χ4v) is 0.402. The number of hydrogen-bond acceptors (Lipinski definition) is 3. The molecule has 0 aromatic rings. The average Bonchev–Trinajstić information content (AvgIpc) is 1.82. The molecular formula is C5H12GaNO4. The van der Waals surface area contributed by atoms with Crippen molar-refractivity contribution in [2.45, 2.75) is 18.9 Å². The van der Waals surface area contributed by atoms with Crippen LogP contribution in [0.25, 0.3) is 0 Å². The molecule has 0 saturated carbocycles. The van der Waals surface area contributed by atoms with Crippen LogP contribution in [0, 0.1) is 0 Å². The second-order valence-electron chi connectivity index (χ2n) is 1.88. The average molecular weight is 220 g/mol. The Morgan fingerprint density at radius 1 is 1.36 bits per heavy atom. The van der Waals surface area contributed by atoms with Gasteiger partial charge in [0, 0.05) is 6.42 Å². The molecule has 0 aliphatic rings. The van der Waals surface area contributed by atoms with E-state index in [0.29, 0.717) is 0 Å². The van der Waals surface area contributed by atoms with Gasteiger partial charge >= 0.3 is 31.7 Å². The van der Waals surface area contributed by atoms with Gasteiger partial charge in [-0.3, -0.25) is 9.59 Å². The first-order valence-electron chi connectivity index (χ1n) is 2.74. The SMILES string of the molecule is NC(CCC(=O)O)C(=O)O.[GaH3]. The molecule has 0 radical (unpaired) electrons. The number of hydrogen-bond donors (Lipinski definition) is 3. The third-order valence-electron chi connectivity index (χ3n) is 0.986. The van der Waals surface area contributed by atoms with Gasteiger partial charge in [-0.25, -0.2) is 0 Å². The summed E-state index contributed by atoms with van der Waals surface area (Å²) in [4.78, 5) is 19.9. The van der Waals surface area contributed by atoms with E-state index in [-0.39, 0.29) is 32.6 Å². The molecule has 0 fully saturated rings. The first kappa shape index (κ1) is 13.1. The Morgan fingerprint density at radius 2 is 1.82 bits per heavy atom. The van der Waals surface area contributed by atoms with Crippen LogP contribution in [0.3, 0.4) is 0 Å². The maximum atomic E-state index is 9.99. The van der Waals surface area contributed by atoms with E-state index >= 15 is 0 Å². The molecule has 4 N–H and O–H groups in total. The Labute approximate surface area is 76.6 Å². The van der Waals surface area contributed by atoms with Gasteiger partial charge in [0.1, 0.15) is 6.04 Å². The predicted octanol–water partition coefficient (Wildman–Crippen LogP) is -1.92. The van der Waals surface area contributed by atoms with Crippen molar-refractivity contribution in [2.75, 3.05) is 0 Å². The Balaban J connectivity index is 0. The van der Waals surface area contributed by atoms with E-state index in [1.807, 2.05) is 0 Å². The molecule has 0 saturated heterocycles. The Morgan fingerprint density at radius 3 is 2.09 bits per heavy atom. The van der Waals surface area contributed by atoms with Crippen molar-refractivity contribution in [3.05, 3.63) is 0 Å². The topological polar surface area (TPSA) is 101 Å². The van der Waals surface area contributed by atoms with Gasteiger partial charge in [0.15, 0.2) is 0 Å². The number of carboxylic acids is 2. The number of rotatable bonds is 4. The first-order chi connectivity index (χ1) is 4.54. The van der Waals surface area contributed by atoms with E-state index in [2.05, 4.69) is 0 Å². The molecule has 11 heavy (non-hydrogen) atoms. The number of aliphatic carboxylic acids is 2. The Bertz CT molecular complexity index is 149. The standard InChI is InChI=1S/C5H9NO4.Ga.3H/c6-3(5(9)10)1-2-4(7)8;;;;/h3H,1-2,6H2,(H,7,8)(H,9,10);;;;. The van der Waals surface area contributed by atoms with Crippen LogP contribution >= 0.6 is 0 Å². The number of carbonyl (C=O) groups is 2. The fraction of sp³-hybridized carbons (Fsp3) is 0.600. The van der Waals surface area contributed by atoms with Crippen LogP contribution in [0.5, 0.6) is 0 Å². The fourth-order valence-electron chi connectivity index (χ4n) is 0.402. The van der Waals surface area contributed by atoms with Gasteiger partial charge < -0.3 is 15.9 Å². The molecule has 0 aliphatic heterocycles. The van der Waals surface area contributed by atoms with Crippen molar-refractivity contribution in [1.82, 2.24) is 0 Å². The number of nitrogens with two attached hydrogens (primary N) is 1. The molecule has 0 bridgehead atoms. The molecule has 0 amide bonds. The summed E-state index contributed by atoms with van der Waals surface area (Å²) in [5.41, 5.74) is 5.00. The third kappa shape index (κ3) is 7.43. The van der Waals surface area contributed by atoms with Gasteiger partial charge in [-0.2, -0.15) is 0 Å². The second-order valence-corrected chi connectivity index (χ2v) is 1.88. The van der Waals surface area contributed by atoms with E-state index in [1.54, 1.807) is 0 Å². The molecule has 0 heterocycles. The minimum atomic E-state index is -1.17. The van der Waals surface area contributed by atoms with Crippen molar-refractivity contribution < 1.29 is 19.8 Å².